The molecule has 0 spiro atoms. The Morgan fingerprint density at radius 3 is 2.83 bits per heavy atom. The average Bonchev–Trinajstić information content (AvgIpc) is 3.14. The summed E-state index contributed by atoms with van der Waals surface area (Å²) in [4.78, 5) is 16.9. The normalized spacial score (nSPS) is 21.9. The Labute approximate surface area is 145 Å². The maximum absolute atomic E-state index is 11.9. The predicted octanol–water partition coefficient (Wildman–Crippen LogP) is 1.38. The largest absolute Gasteiger partial charge is 0.369 e. The van der Waals surface area contributed by atoms with E-state index in [1.54, 1.807) is 0 Å². The summed E-state index contributed by atoms with van der Waals surface area (Å²) in [6.07, 6.45) is 3.12. The van der Waals surface area contributed by atoms with Crippen LogP contribution >= 0.6 is 0 Å². The fraction of sp³-hybridized carbons (Fsp3) is 0.632. The molecule has 0 bridgehead atoms. The summed E-state index contributed by atoms with van der Waals surface area (Å²) < 4.78 is 0. The molecule has 2 aliphatic heterocycles. The average molecular weight is 330 g/mol. The standard InChI is InChI=1S/C19H30N4O/c1-16-5-2-6-17(15-16)23-13-11-22(12-14-23)10-4-9-21-19(24)18-7-3-8-20-18/h2,5-6,15,18,20H,3-4,7-14H2,1H3,(H,21,24). The van der Waals surface area contributed by atoms with Crippen molar-refractivity contribution in [1.82, 2.24) is 15.5 Å². The molecule has 5 heteroatoms. The van der Waals surface area contributed by atoms with Gasteiger partial charge in [0, 0.05) is 38.4 Å². The van der Waals surface area contributed by atoms with Crippen molar-refractivity contribution in [2.75, 3.05) is 50.7 Å². The lowest BCUT2D eigenvalue weighted by Gasteiger charge is -2.36. The van der Waals surface area contributed by atoms with E-state index in [4.69, 9.17) is 0 Å². The lowest BCUT2D eigenvalue weighted by molar-refractivity contribution is -0.122. The minimum absolute atomic E-state index is 0.0443. The summed E-state index contributed by atoms with van der Waals surface area (Å²) >= 11 is 0. The highest BCUT2D eigenvalue weighted by molar-refractivity contribution is 5.81. The van der Waals surface area contributed by atoms with Gasteiger partial charge in [-0.15, -0.1) is 0 Å². The van der Waals surface area contributed by atoms with E-state index in [1.165, 1.54) is 11.3 Å². The Hall–Kier alpha value is -1.59. The van der Waals surface area contributed by atoms with Gasteiger partial charge in [-0.1, -0.05) is 12.1 Å². The third-order valence-electron chi connectivity index (χ3n) is 5.07. The molecule has 0 aliphatic carbocycles. The van der Waals surface area contributed by atoms with Gasteiger partial charge in [0.25, 0.3) is 0 Å². The first-order valence-electron chi connectivity index (χ1n) is 9.27. The number of hydrogen-bond donors (Lipinski definition) is 2. The molecule has 0 saturated carbocycles. The lowest BCUT2D eigenvalue weighted by Crippen LogP contribution is -2.47. The molecule has 2 N–H and O–H groups in total. The van der Waals surface area contributed by atoms with Gasteiger partial charge in [0.05, 0.1) is 6.04 Å². The Kier molecular flexibility index (Phi) is 6.10. The Morgan fingerprint density at radius 1 is 1.29 bits per heavy atom. The third-order valence-corrected chi connectivity index (χ3v) is 5.07. The first-order valence-corrected chi connectivity index (χ1v) is 9.27. The van der Waals surface area contributed by atoms with Crippen molar-refractivity contribution in [2.24, 2.45) is 0 Å². The van der Waals surface area contributed by atoms with E-state index < -0.39 is 0 Å². The fourth-order valence-corrected chi connectivity index (χ4v) is 3.60. The first kappa shape index (κ1) is 17.2. The summed E-state index contributed by atoms with van der Waals surface area (Å²) in [6, 6.07) is 8.80. The molecular formula is C19H30N4O. The van der Waals surface area contributed by atoms with Crippen LogP contribution in [0.1, 0.15) is 24.8 Å². The van der Waals surface area contributed by atoms with Crippen LogP contribution in [0.2, 0.25) is 0 Å². The topological polar surface area (TPSA) is 47.6 Å². The number of rotatable bonds is 6. The SMILES string of the molecule is Cc1cccc(N2CCN(CCCNC(=O)C3CCCN3)CC2)c1. The van der Waals surface area contributed by atoms with Crippen LogP contribution < -0.4 is 15.5 Å². The molecule has 2 fully saturated rings. The maximum atomic E-state index is 11.9. The van der Waals surface area contributed by atoms with Crippen LogP contribution in [0.25, 0.3) is 0 Å². The molecular weight excluding hydrogens is 300 g/mol. The zero-order valence-corrected chi connectivity index (χ0v) is 14.8. The van der Waals surface area contributed by atoms with E-state index in [9.17, 15) is 4.79 Å². The lowest BCUT2D eigenvalue weighted by atomic mass is 10.2. The fourth-order valence-electron chi connectivity index (χ4n) is 3.60. The maximum Gasteiger partial charge on any atom is 0.237 e. The summed E-state index contributed by atoms with van der Waals surface area (Å²) in [5, 5.41) is 6.31. The van der Waals surface area contributed by atoms with Crippen molar-refractivity contribution in [3.05, 3.63) is 29.8 Å². The van der Waals surface area contributed by atoms with Gasteiger partial charge in [0.2, 0.25) is 5.91 Å². The smallest absolute Gasteiger partial charge is 0.237 e. The number of aryl methyl sites for hydroxylation is 1. The molecule has 2 saturated heterocycles. The summed E-state index contributed by atoms with van der Waals surface area (Å²) in [5.41, 5.74) is 2.66. The van der Waals surface area contributed by atoms with Gasteiger partial charge in [-0.05, 0) is 57.0 Å². The van der Waals surface area contributed by atoms with Crippen molar-refractivity contribution in [2.45, 2.75) is 32.2 Å². The molecule has 1 amide bonds. The molecule has 1 aromatic rings. The molecule has 5 nitrogen and oxygen atoms in total. The van der Waals surface area contributed by atoms with Gasteiger partial charge in [-0.25, -0.2) is 0 Å². The zero-order chi connectivity index (χ0) is 16.8. The van der Waals surface area contributed by atoms with Gasteiger partial charge in [0.15, 0.2) is 0 Å². The van der Waals surface area contributed by atoms with Crippen LogP contribution in [-0.2, 0) is 4.79 Å². The number of anilines is 1. The Bertz CT molecular complexity index is 534. The van der Waals surface area contributed by atoms with Gasteiger partial charge < -0.3 is 15.5 Å². The van der Waals surface area contributed by atoms with E-state index in [0.29, 0.717) is 0 Å². The highest BCUT2D eigenvalue weighted by Gasteiger charge is 2.21. The van der Waals surface area contributed by atoms with E-state index in [2.05, 4.69) is 51.6 Å². The second kappa shape index (κ2) is 8.49. The summed E-state index contributed by atoms with van der Waals surface area (Å²) in [5.74, 6) is 0.178. The molecule has 2 heterocycles. The number of hydrogen-bond acceptors (Lipinski definition) is 4. The number of benzene rings is 1. The quantitative estimate of drug-likeness (QED) is 0.774. The minimum atomic E-state index is 0.0443. The Balaban J connectivity index is 1.32. The minimum Gasteiger partial charge on any atom is -0.369 e. The molecule has 0 aromatic heterocycles. The summed E-state index contributed by atoms with van der Waals surface area (Å²) in [7, 11) is 0. The molecule has 132 valence electrons. The molecule has 1 aromatic carbocycles. The monoisotopic (exact) mass is 330 g/mol. The summed E-state index contributed by atoms with van der Waals surface area (Å²) in [6.45, 7) is 9.36. The van der Waals surface area contributed by atoms with Gasteiger partial charge in [-0.3, -0.25) is 9.69 Å². The van der Waals surface area contributed by atoms with Crippen LogP contribution in [0.3, 0.4) is 0 Å². The second-order valence-corrected chi connectivity index (χ2v) is 6.96. The predicted molar refractivity (Wildman–Crippen MR) is 98.5 cm³/mol. The third kappa shape index (κ3) is 4.71. The molecule has 24 heavy (non-hydrogen) atoms. The van der Waals surface area contributed by atoms with E-state index in [1.807, 2.05) is 0 Å². The van der Waals surface area contributed by atoms with Crippen molar-refractivity contribution in [3.63, 3.8) is 0 Å². The number of nitrogens with one attached hydrogen (secondary N) is 2. The number of carbonyl (C=O) groups excluding carboxylic acids is 1. The molecule has 0 radical (unpaired) electrons. The van der Waals surface area contributed by atoms with Crippen LogP contribution in [0.5, 0.6) is 0 Å². The van der Waals surface area contributed by atoms with E-state index in [0.717, 1.165) is 65.1 Å². The number of piperazine rings is 1. The molecule has 1 atom stereocenters. The van der Waals surface area contributed by atoms with Crippen molar-refractivity contribution >= 4 is 11.6 Å². The van der Waals surface area contributed by atoms with E-state index in [-0.39, 0.29) is 11.9 Å². The van der Waals surface area contributed by atoms with Crippen molar-refractivity contribution < 1.29 is 4.79 Å². The van der Waals surface area contributed by atoms with Crippen molar-refractivity contribution in [3.8, 4) is 0 Å². The number of nitrogens with zero attached hydrogens (tertiary/aromatic N) is 2. The van der Waals surface area contributed by atoms with Gasteiger partial charge >= 0.3 is 0 Å². The van der Waals surface area contributed by atoms with E-state index >= 15 is 0 Å². The second-order valence-electron chi connectivity index (χ2n) is 6.96. The number of amides is 1. The zero-order valence-electron chi connectivity index (χ0n) is 14.8. The molecule has 2 aliphatic rings. The Morgan fingerprint density at radius 2 is 2.12 bits per heavy atom. The van der Waals surface area contributed by atoms with Crippen LogP contribution in [0.15, 0.2) is 24.3 Å². The van der Waals surface area contributed by atoms with Gasteiger partial charge in [-0.2, -0.15) is 0 Å². The van der Waals surface area contributed by atoms with Crippen molar-refractivity contribution in [1.29, 1.82) is 0 Å². The highest BCUT2D eigenvalue weighted by Crippen LogP contribution is 2.17. The van der Waals surface area contributed by atoms with Gasteiger partial charge in [0.1, 0.15) is 0 Å². The number of carbonyl (C=O) groups is 1. The molecule has 1 unspecified atom stereocenters. The van der Waals surface area contributed by atoms with Crippen LogP contribution in [0.4, 0.5) is 5.69 Å². The van der Waals surface area contributed by atoms with Crippen LogP contribution in [-0.4, -0.2) is 62.7 Å². The van der Waals surface area contributed by atoms with Crippen LogP contribution in [0, 0.1) is 6.92 Å². The molecule has 3 rings (SSSR count). The highest BCUT2D eigenvalue weighted by atomic mass is 16.2. The first-order chi connectivity index (χ1) is 11.7.